The van der Waals surface area contributed by atoms with Crippen LogP contribution in [0.3, 0.4) is 0 Å². The highest BCUT2D eigenvalue weighted by Crippen LogP contribution is 2.23. The summed E-state index contributed by atoms with van der Waals surface area (Å²) < 4.78 is 5.50. The van der Waals surface area contributed by atoms with Crippen LogP contribution >= 0.6 is 0 Å². The second kappa shape index (κ2) is 10.3. The average Bonchev–Trinajstić information content (AvgIpc) is 2.72. The maximum atomic E-state index is 11.5. The molecule has 0 saturated carbocycles. The van der Waals surface area contributed by atoms with E-state index in [1.54, 1.807) is 14.0 Å². The fourth-order valence-electron chi connectivity index (χ4n) is 4.87. The van der Waals surface area contributed by atoms with Crippen molar-refractivity contribution in [2.24, 2.45) is 5.92 Å². The Kier molecular flexibility index (Phi) is 7.74. The van der Waals surface area contributed by atoms with Crippen molar-refractivity contribution in [3.63, 3.8) is 0 Å². The summed E-state index contributed by atoms with van der Waals surface area (Å²) in [6.45, 7) is 8.22. The van der Waals surface area contributed by atoms with Crippen LogP contribution < -0.4 is 4.74 Å². The molecule has 1 aromatic carbocycles. The van der Waals surface area contributed by atoms with Gasteiger partial charge in [0.15, 0.2) is 0 Å². The lowest BCUT2D eigenvalue weighted by atomic mass is 9.95. The second-order valence-electron chi connectivity index (χ2n) is 8.55. The Balaban J connectivity index is 1.44. The third-order valence-electron chi connectivity index (χ3n) is 6.57. The van der Waals surface area contributed by atoms with Gasteiger partial charge >= 0.3 is 0 Å². The molecule has 2 aliphatic rings. The largest absolute Gasteiger partial charge is 0.496 e. The molecule has 156 valence electrons. The van der Waals surface area contributed by atoms with Crippen molar-refractivity contribution >= 4 is 5.91 Å². The van der Waals surface area contributed by atoms with Gasteiger partial charge in [-0.05, 0) is 63.2 Å². The van der Waals surface area contributed by atoms with E-state index in [9.17, 15) is 4.79 Å². The number of benzene rings is 1. The van der Waals surface area contributed by atoms with Crippen LogP contribution in [0.1, 0.15) is 38.2 Å². The Morgan fingerprint density at radius 2 is 1.93 bits per heavy atom. The van der Waals surface area contributed by atoms with Gasteiger partial charge in [0.25, 0.3) is 0 Å². The molecular formula is C23H37N3O2. The van der Waals surface area contributed by atoms with Crippen LogP contribution in [0.5, 0.6) is 5.75 Å². The van der Waals surface area contributed by atoms with E-state index in [0.29, 0.717) is 6.04 Å². The molecule has 2 heterocycles. The number of methoxy groups -OCH3 is 1. The molecule has 2 fully saturated rings. The molecule has 2 saturated heterocycles. The number of carbonyl (C=O) groups is 1. The second-order valence-corrected chi connectivity index (χ2v) is 8.55. The summed E-state index contributed by atoms with van der Waals surface area (Å²) >= 11 is 0. The third kappa shape index (κ3) is 5.71. The Hall–Kier alpha value is -1.59. The number of ether oxygens (including phenoxy) is 1. The summed E-state index contributed by atoms with van der Waals surface area (Å²) in [5.41, 5.74) is 1.31. The number of carbonyl (C=O) groups excluding carboxylic acids is 1. The predicted molar refractivity (Wildman–Crippen MR) is 114 cm³/mol. The van der Waals surface area contributed by atoms with Crippen molar-refractivity contribution in [3.05, 3.63) is 29.8 Å². The van der Waals surface area contributed by atoms with Gasteiger partial charge in [0.2, 0.25) is 5.91 Å². The molecule has 2 aliphatic heterocycles. The fraction of sp³-hybridized carbons (Fsp3) is 0.696. The van der Waals surface area contributed by atoms with Crippen LogP contribution in [0.15, 0.2) is 24.3 Å². The minimum absolute atomic E-state index is 0.221. The van der Waals surface area contributed by atoms with Gasteiger partial charge in [-0.25, -0.2) is 0 Å². The zero-order chi connectivity index (χ0) is 19.9. The van der Waals surface area contributed by atoms with E-state index in [1.807, 2.05) is 11.0 Å². The first-order valence-corrected chi connectivity index (χ1v) is 10.9. The minimum Gasteiger partial charge on any atom is -0.496 e. The highest BCUT2D eigenvalue weighted by Gasteiger charge is 2.27. The monoisotopic (exact) mass is 387 g/mol. The van der Waals surface area contributed by atoms with Crippen LogP contribution in [-0.2, 0) is 11.2 Å². The van der Waals surface area contributed by atoms with Crippen LogP contribution in [-0.4, -0.2) is 80.1 Å². The van der Waals surface area contributed by atoms with Gasteiger partial charge < -0.3 is 19.4 Å². The van der Waals surface area contributed by atoms with Crippen LogP contribution in [0.2, 0.25) is 0 Å². The molecule has 0 aromatic heterocycles. The topological polar surface area (TPSA) is 36.0 Å². The molecule has 5 nitrogen and oxygen atoms in total. The first-order valence-electron chi connectivity index (χ1n) is 10.9. The van der Waals surface area contributed by atoms with Crippen molar-refractivity contribution in [2.45, 2.75) is 45.1 Å². The van der Waals surface area contributed by atoms with E-state index in [0.717, 1.165) is 50.6 Å². The smallest absolute Gasteiger partial charge is 0.219 e. The Bertz CT molecular complexity index is 628. The van der Waals surface area contributed by atoms with Crippen molar-refractivity contribution in [2.75, 3.05) is 53.4 Å². The third-order valence-corrected chi connectivity index (χ3v) is 6.57. The van der Waals surface area contributed by atoms with E-state index < -0.39 is 0 Å². The van der Waals surface area contributed by atoms with Crippen molar-refractivity contribution < 1.29 is 9.53 Å². The normalized spacial score (nSPS) is 21.9. The average molecular weight is 388 g/mol. The number of nitrogens with zero attached hydrogens (tertiary/aromatic N) is 3. The Morgan fingerprint density at radius 3 is 2.64 bits per heavy atom. The lowest BCUT2D eigenvalue weighted by molar-refractivity contribution is -0.130. The van der Waals surface area contributed by atoms with E-state index >= 15 is 0 Å². The van der Waals surface area contributed by atoms with E-state index in [-0.39, 0.29) is 5.91 Å². The summed E-state index contributed by atoms with van der Waals surface area (Å²) in [6.07, 6.45) is 5.91. The lowest BCUT2D eigenvalue weighted by Gasteiger charge is -2.40. The quantitative estimate of drug-likeness (QED) is 0.721. The van der Waals surface area contributed by atoms with Gasteiger partial charge in [-0.15, -0.1) is 0 Å². The minimum atomic E-state index is 0.221. The lowest BCUT2D eigenvalue weighted by Crippen LogP contribution is -2.48. The SMILES string of the molecule is COc1ccccc1CCN1CCC[C@@H](CN(C)C2CCN(C(C)=O)CC2)C1. The highest BCUT2D eigenvalue weighted by molar-refractivity contribution is 5.73. The predicted octanol–water partition coefficient (Wildman–Crippen LogP) is 2.89. The summed E-state index contributed by atoms with van der Waals surface area (Å²) in [5, 5.41) is 0. The van der Waals surface area contributed by atoms with E-state index in [2.05, 4.69) is 35.0 Å². The van der Waals surface area contributed by atoms with Crippen molar-refractivity contribution in [3.8, 4) is 5.75 Å². The molecule has 0 bridgehead atoms. The van der Waals surface area contributed by atoms with Gasteiger partial charge in [0.05, 0.1) is 7.11 Å². The molecule has 1 amide bonds. The Morgan fingerprint density at radius 1 is 1.18 bits per heavy atom. The van der Waals surface area contributed by atoms with Crippen molar-refractivity contribution in [1.29, 1.82) is 0 Å². The molecule has 3 rings (SSSR count). The van der Waals surface area contributed by atoms with Gasteiger partial charge in [0, 0.05) is 45.7 Å². The van der Waals surface area contributed by atoms with Gasteiger partial charge in [-0.2, -0.15) is 0 Å². The maximum absolute atomic E-state index is 11.5. The highest BCUT2D eigenvalue weighted by atomic mass is 16.5. The molecule has 28 heavy (non-hydrogen) atoms. The molecular weight excluding hydrogens is 350 g/mol. The molecule has 0 radical (unpaired) electrons. The van der Waals surface area contributed by atoms with Crippen LogP contribution in [0, 0.1) is 5.92 Å². The summed E-state index contributed by atoms with van der Waals surface area (Å²) in [6, 6.07) is 9.00. The number of para-hydroxylation sites is 1. The number of piperidine rings is 2. The number of amides is 1. The molecule has 1 atom stereocenters. The molecule has 0 unspecified atom stereocenters. The zero-order valence-electron chi connectivity index (χ0n) is 17.9. The first kappa shape index (κ1) is 21.1. The first-order chi connectivity index (χ1) is 13.6. The summed E-state index contributed by atoms with van der Waals surface area (Å²) in [5.74, 6) is 1.98. The maximum Gasteiger partial charge on any atom is 0.219 e. The standard InChI is InChI=1S/C23H37N3O2/c1-19(27)26-15-11-22(12-16-26)24(2)17-20-7-6-13-25(18-20)14-10-21-8-4-5-9-23(21)28-3/h4-5,8-9,20,22H,6-7,10-18H2,1-3H3/t20-/m0/s1. The fourth-order valence-corrected chi connectivity index (χ4v) is 4.87. The Labute approximate surface area is 170 Å². The molecule has 0 N–H and O–H groups in total. The number of hydrogen-bond donors (Lipinski definition) is 0. The molecule has 0 aliphatic carbocycles. The van der Waals surface area contributed by atoms with E-state index in [4.69, 9.17) is 4.74 Å². The van der Waals surface area contributed by atoms with Crippen LogP contribution in [0.4, 0.5) is 0 Å². The molecule has 5 heteroatoms. The summed E-state index contributed by atoms with van der Waals surface area (Å²) in [7, 11) is 4.04. The van der Waals surface area contributed by atoms with Gasteiger partial charge in [-0.1, -0.05) is 18.2 Å². The van der Waals surface area contributed by atoms with Crippen LogP contribution in [0.25, 0.3) is 0 Å². The number of likely N-dealkylation sites (tertiary alicyclic amines) is 2. The molecule has 0 spiro atoms. The zero-order valence-corrected chi connectivity index (χ0v) is 17.9. The number of rotatable bonds is 7. The van der Waals surface area contributed by atoms with Gasteiger partial charge in [-0.3, -0.25) is 4.79 Å². The molecule has 1 aromatic rings. The van der Waals surface area contributed by atoms with E-state index in [1.165, 1.54) is 38.0 Å². The number of hydrogen-bond acceptors (Lipinski definition) is 4. The van der Waals surface area contributed by atoms with Crippen molar-refractivity contribution in [1.82, 2.24) is 14.7 Å². The van der Waals surface area contributed by atoms with Gasteiger partial charge in [0.1, 0.15) is 5.75 Å². The summed E-state index contributed by atoms with van der Waals surface area (Å²) in [4.78, 5) is 18.7.